The molecular weight excluding hydrogens is 384 g/mol. The summed E-state index contributed by atoms with van der Waals surface area (Å²) in [7, 11) is 0. The van der Waals surface area contributed by atoms with E-state index in [1.54, 1.807) is 6.08 Å². The normalized spacial score (nSPS) is 34.0. The molecule has 0 aromatic carbocycles. The molecule has 1 fully saturated rings. The molecular formula is C24H38O6. The van der Waals surface area contributed by atoms with Crippen LogP contribution in [-0.2, 0) is 19.1 Å². The topological polar surface area (TPSA) is 93.1 Å². The summed E-state index contributed by atoms with van der Waals surface area (Å²) in [6, 6.07) is 0. The lowest BCUT2D eigenvalue weighted by atomic mass is 9.45. The highest BCUT2D eigenvalue weighted by Gasteiger charge is 2.59. The molecule has 0 amide bonds. The van der Waals surface area contributed by atoms with E-state index in [-0.39, 0.29) is 49.2 Å². The van der Waals surface area contributed by atoms with Crippen molar-refractivity contribution < 1.29 is 29.3 Å². The van der Waals surface area contributed by atoms with Crippen LogP contribution in [0.25, 0.3) is 0 Å². The molecule has 0 aromatic heterocycles. The van der Waals surface area contributed by atoms with E-state index in [2.05, 4.69) is 26.8 Å². The van der Waals surface area contributed by atoms with Crippen molar-refractivity contribution in [2.45, 2.75) is 72.8 Å². The van der Waals surface area contributed by atoms with E-state index in [0.717, 1.165) is 36.8 Å². The molecule has 30 heavy (non-hydrogen) atoms. The van der Waals surface area contributed by atoms with Crippen LogP contribution in [-0.4, -0.2) is 48.1 Å². The molecule has 6 heteroatoms. The Hall–Kier alpha value is -1.66. The molecule has 170 valence electrons. The van der Waals surface area contributed by atoms with Crippen molar-refractivity contribution in [2.75, 3.05) is 19.8 Å². The van der Waals surface area contributed by atoms with Crippen LogP contribution in [0.4, 0.5) is 0 Å². The molecule has 0 saturated heterocycles. The van der Waals surface area contributed by atoms with Crippen molar-refractivity contribution in [3.8, 4) is 0 Å². The molecule has 0 aromatic rings. The monoisotopic (exact) mass is 422 g/mol. The van der Waals surface area contributed by atoms with Crippen molar-refractivity contribution in [2.24, 2.45) is 22.7 Å². The van der Waals surface area contributed by atoms with Crippen LogP contribution in [0.15, 0.2) is 23.3 Å². The fourth-order valence-corrected chi connectivity index (χ4v) is 5.78. The Morgan fingerprint density at radius 1 is 1.23 bits per heavy atom. The zero-order valence-electron chi connectivity index (χ0n) is 19.1. The van der Waals surface area contributed by atoms with Crippen LogP contribution in [0, 0.1) is 22.7 Å². The highest BCUT2D eigenvalue weighted by molar-refractivity contribution is 5.67. The van der Waals surface area contributed by atoms with E-state index >= 15 is 0 Å². The molecule has 0 bridgehead atoms. The van der Waals surface area contributed by atoms with Gasteiger partial charge in [-0.2, -0.15) is 0 Å². The quantitative estimate of drug-likeness (QED) is 0.459. The van der Waals surface area contributed by atoms with E-state index in [9.17, 15) is 19.8 Å². The molecule has 0 unspecified atom stereocenters. The first-order chi connectivity index (χ1) is 14.1. The minimum Gasteiger partial charge on any atom is -0.462 e. The lowest BCUT2D eigenvalue weighted by Crippen LogP contribution is -2.58. The average Bonchev–Trinajstić information content (AvgIpc) is 2.68. The summed E-state index contributed by atoms with van der Waals surface area (Å²) < 4.78 is 11.2. The Balaban J connectivity index is 2.41. The smallest absolute Gasteiger partial charge is 0.302 e. The van der Waals surface area contributed by atoms with Gasteiger partial charge in [0.2, 0.25) is 0 Å². The molecule has 0 aliphatic heterocycles. The van der Waals surface area contributed by atoms with Gasteiger partial charge in [-0.1, -0.05) is 32.9 Å². The van der Waals surface area contributed by atoms with Gasteiger partial charge in [-0.15, -0.1) is 0 Å². The predicted octanol–water partition coefficient (Wildman–Crippen LogP) is 3.56. The van der Waals surface area contributed by atoms with Crippen LogP contribution in [0.1, 0.15) is 66.7 Å². The second kappa shape index (κ2) is 10.1. The second-order valence-corrected chi connectivity index (χ2v) is 9.37. The summed E-state index contributed by atoms with van der Waals surface area (Å²) in [6.45, 7) is 9.61. The summed E-state index contributed by atoms with van der Waals surface area (Å²) in [5.41, 5.74) is 1.42. The first kappa shape index (κ1) is 24.6. The molecule has 0 radical (unpaired) electrons. The van der Waals surface area contributed by atoms with Crippen molar-refractivity contribution in [1.29, 1.82) is 0 Å². The molecule has 0 spiro atoms. The Bertz CT molecular complexity index is 696. The fraction of sp³-hybridized carbons (Fsp3) is 0.750. The standard InChI is InChI=1S/C24H38O6/c1-16-13-22(30-18(3)28)24(5)20(15-29-17(2)27)7-6-8-21(24)23(16,4)11-9-19(14-26)10-12-25/h7,10,16,21-22,25-26H,6,8-9,11-15H2,1-5H3/b19-10+/t16-,21+,22+,23-,24-/m0/s1. The molecule has 1 saturated carbocycles. The SMILES string of the molecule is CC(=O)OCC1=CCC[C@@H]2[C@@](C)(CC/C(=C\CO)CO)[C@@H](C)C[C@@H](OC(C)=O)[C@@]12C. The number of carbonyl (C=O) groups is 2. The highest BCUT2D eigenvalue weighted by Crippen LogP contribution is 2.62. The second-order valence-electron chi connectivity index (χ2n) is 9.37. The molecule has 0 heterocycles. The first-order valence-corrected chi connectivity index (χ1v) is 11.0. The maximum Gasteiger partial charge on any atom is 0.302 e. The van der Waals surface area contributed by atoms with E-state index in [1.165, 1.54) is 13.8 Å². The van der Waals surface area contributed by atoms with E-state index < -0.39 is 5.41 Å². The van der Waals surface area contributed by atoms with Crippen molar-refractivity contribution in [3.05, 3.63) is 23.3 Å². The van der Waals surface area contributed by atoms with Crippen LogP contribution in [0.3, 0.4) is 0 Å². The van der Waals surface area contributed by atoms with Crippen LogP contribution in [0.2, 0.25) is 0 Å². The van der Waals surface area contributed by atoms with Gasteiger partial charge in [0.25, 0.3) is 0 Å². The summed E-state index contributed by atoms with van der Waals surface area (Å²) in [6.07, 6.45) is 7.75. The van der Waals surface area contributed by atoms with Gasteiger partial charge in [-0.3, -0.25) is 9.59 Å². The Morgan fingerprint density at radius 3 is 2.50 bits per heavy atom. The zero-order valence-corrected chi connectivity index (χ0v) is 19.1. The van der Waals surface area contributed by atoms with E-state index in [4.69, 9.17) is 9.47 Å². The van der Waals surface area contributed by atoms with Gasteiger partial charge in [-0.05, 0) is 60.5 Å². The number of fused-ring (bicyclic) bond motifs is 1. The summed E-state index contributed by atoms with van der Waals surface area (Å²) in [5, 5.41) is 18.9. The van der Waals surface area contributed by atoms with Crippen molar-refractivity contribution >= 4 is 11.9 Å². The summed E-state index contributed by atoms with van der Waals surface area (Å²) >= 11 is 0. The molecule has 5 atom stereocenters. The minimum atomic E-state index is -0.416. The fourth-order valence-electron chi connectivity index (χ4n) is 5.78. The lowest BCUT2D eigenvalue weighted by Gasteiger charge is -2.60. The van der Waals surface area contributed by atoms with E-state index in [0.29, 0.717) is 12.3 Å². The number of aliphatic hydroxyl groups is 2. The Morgan fingerprint density at radius 2 is 1.93 bits per heavy atom. The average molecular weight is 423 g/mol. The first-order valence-electron chi connectivity index (χ1n) is 11.0. The highest BCUT2D eigenvalue weighted by atomic mass is 16.5. The zero-order chi connectivity index (χ0) is 22.5. The third kappa shape index (κ3) is 4.97. The maximum atomic E-state index is 11.9. The number of esters is 2. The molecule has 2 aliphatic carbocycles. The number of rotatable bonds is 8. The Kier molecular flexibility index (Phi) is 8.28. The van der Waals surface area contributed by atoms with Crippen LogP contribution >= 0.6 is 0 Å². The third-order valence-electron chi connectivity index (χ3n) is 7.73. The number of hydrogen-bond donors (Lipinski definition) is 2. The number of allylic oxidation sites excluding steroid dienone is 1. The molecule has 2 rings (SSSR count). The van der Waals surface area contributed by atoms with E-state index in [1.807, 2.05) is 0 Å². The minimum absolute atomic E-state index is 0.0507. The predicted molar refractivity (Wildman–Crippen MR) is 114 cm³/mol. The van der Waals surface area contributed by atoms with Gasteiger partial charge < -0.3 is 19.7 Å². The van der Waals surface area contributed by atoms with Crippen molar-refractivity contribution in [3.63, 3.8) is 0 Å². The number of carbonyl (C=O) groups excluding carboxylic acids is 2. The lowest BCUT2D eigenvalue weighted by molar-refractivity contribution is -0.176. The molecule has 2 aliphatic rings. The van der Waals surface area contributed by atoms with Crippen LogP contribution < -0.4 is 0 Å². The van der Waals surface area contributed by atoms with Crippen molar-refractivity contribution in [1.82, 2.24) is 0 Å². The van der Waals surface area contributed by atoms with Crippen LogP contribution in [0.5, 0.6) is 0 Å². The van der Waals surface area contributed by atoms with Gasteiger partial charge in [0, 0.05) is 19.3 Å². The number of hydrogen-bond acceptors (Lipinski definition) is 6. The number of ether oxygens (including phenoxy) is 2. The number of aliphatic hydroxyl groups excluding tert-OH is 2. The summed E-state index contributed by atoms with van der Waals surface area (Å²) in [5.74, 6) is -0.0641. The Labute approximate surface area is 180 Å². The molecule has 2 N–H and O–H groups in total. The van der Waals surface area contributed by atoms with Gasteiger partial charge >= 0.3 is 11.9 Å². The van der Waals surface area contributed by atoms with Gasteiger partial charge in [0.15, 0.2) is 0 Å². The molecule has 6 nitrogen and oxygen atoms in total. The third-order valence-corrected chi connectivity index (χ3v) is 7.73. The van der Waals surface area contributed by atoms with Gasteiger partial charge in [0.05, 0.1) is 13.2 Å². The maximum absolute atomic E-state index is 11.9. The van der Waals surface area contributed by atoms with Gasteiger partial charge in [0.1, 0.15) is 12.7 Å². The summed E-state index contributed by atoms with van der Waals surface area (Å²) in [4.78, 5) is 23.4. The van der Waals surface area contributed by atoms with Gasteiger partial charge in [-0.25, -0.2) is 0 Å². The largest absolute Gasteiger partial charge is 0.462 e.